The molecule has 1 atom stereocenters. The van der Waals surface area contributed by atoms with Gasteiger partial charge in [-0.05, 0) is 25.8 Å². The highest BCUT2D eigenvalue weighted by Gasteiger charge is 2.28. The van der Waals surface area contributed by atoms with Gasteiger partial charge in [-0.15, -0.1) is 24.0 Å². The maximum absolute atomic E-state index is 11.9. The molecule has 2 rings (SSSR count). The molecule has 1 unspecified atom stereocenters. The minimum atomic E-state index is -2.91. The third kappa shape index (κ3) is 6.84. The molecule has 25 heavy (non-hydrogen) atoms. The Hall–Kier alpha value is -1.30. The van der Waals surface area contributed by atoms with Gasteiger partial charge in [0.1, 0.15) is 0 Å². The number of rotatable bonds is 6. The van der Waals surface area contributed by atoms with E-state index in [1.807, 2.05) is 6.92 Å². The minimum absolute atomic E-state index is 0. The summed E-state index contributed by atoms with van der Waals surface area (Å²) in [5.41, 5.74) is 0.807. The SMILES string of the molecule is CN=C(NCCCNC(=O)c1occc1C)NC1CCS(=O)(=O)C1.I. The van der Waals surface area contributed by atoms with E-state index < -0.39 is 9.84 Å². The van der Waals surface area contributed by atoms with Crippen molar-refractivity contribution in [1.82, 2.24) is 16.0 Å². The second-order valence-corrected chi connectivity index (χ2v) is 8.01. The molecule has 1 saturated heterocycles. The van der Waals surface area contributed by atoms with Crippen LogP contribution in [0.4, 0.5) is 0 Å². The molecule has 0 radical (unpaired) electrons. The Bertz CT molecular complexity index is 702. The van der Waals surface area contributed by atoms with Crippen LogP contribution in [0.25, 0.3) is 0 Å². The molecule has 10 heteroatoms. The second-order valence-electron chi connectivity index (χ2n) is 5.79. The third-order valence-electron chi connectivity index (χ3n) is 3.80. The van der Waals surface area contributed by atoms with Crippen LogP contribution in [-0.2, 0) is 9.84 Å². The number of nitrogens with zero attached hydrogens (tertiary/aromatic N) is 1. The number of carbonyl (C=O) groups excluding carboxylic acids is 1. The number of halogens is 1. The molecule has 2 heterocycles. The normalized spacial score (nSPS) is 19.1. The van der Waals surface area contributed by atoms with Crippen molar-refractivity contribution in [2.75, 3.05) is 31.6 Å². The first-order valence-electron chi connectivity index (χ1n) is 7.91. The number of amides is 1. The highest BCUT2D eigenvalue weighted by atomic mass is 127. The molecule has 8 nitrogen and oxygen atoms in total. The van der Waals surface area contributed by atoms with Gasteiger partial charge in [-0.1, -0.05) is 0 Å². The maximum atomic E-state index is 11.9. The molecule has 0 spiro atoms. The zero-order valence-corrected chi connectivity index (χ0v) is 17.5. The molecule has 142 valence electrons. The first-order chi connectivity index (χ1) is 11.4. The van der Waals surface area contributed by atoms with Crippen molar-refractivity contribution in [1.29, 1.82) is 0 Å². The Labute approximate surface area is 165 Å². The van der Waals surface area contributed by atoms with Crippen molar-refractivity contribution in [2.24, 2.45) is 4.99 Å². The van der Waals surface area contributed by atoms with Crippen LogP contribution in [0, 0.1) is 6.92 Å². The van der Waals surface area contributed by atoms with E-state index in [-0.39, 0.29) is 47.4 Å². The molecule has 1 fully saturated rings. The predicted octanol–water partition coefficient (Wildman–Crippen LogP) is 0.678. The lowest BCUT2D eigenvalue weighted by molar-refractivity contribution is 0.0925. The van der Waals surface area contributed by atoms with Crippen molar-refractivity contribution in [2.45, 2.75) is 25.8 Å². The molecule has 1 aliphatic heterocycles. The number of hydrogen-bond donors (Lipinski definition) is 3. The van der Waals surface area contributed by atoms with Crippen LogP contribution < -0.4 is 16.0 Å². The summed E-state index contributed by atoms with van der Waals surface area (Å²) in [5.74, 6) is 1.05. The zero-order chi connectivity index (χ0) is 17.6. The highest BCUT2D eigenvalue weighted by molar-refractivity contribution is 14.0. The van der Waals surface area contributed by atoms with E-state index in [2.05, 4.69) is 20.9 Å². The van der Waals surface area contributed by atoms with Gasteiger partial charge in [-0.3, -0.25) is 9.79 Å². The van der Waals surface area contributed by atoms with Crippen molar-refractivity contribution >= 4 is 45.7 Å². The summed E-state index contributed by atoms with van der Waals surface area (Å²) in [5, 5.41) is 9.01. The Morgan fingerprint density at radius 3 is 2.64 bits per heavy atom. The smallest absolute Gasteiger partial charge is 0.287 e. The van der Waals surface area contributed by atoms with Crippen LogP contribution in [0.2, 0.25) is 0 Å². The Morgan fingerprint density at radius 2 is 2.08 bits per heavy atom. The average Bonchev–Trinajstić information content (AvgIpc) is 3.10. The predicted molar refractivity (Wildman–Crippen MR) is 107 cm³/mol. The van der Waals surface area contributed by atoms with Gasteiger partial charge in [0.15, 0.2) is 21.6 Å². The number of aryl methyl sites for hydroxylation is 1. The van der Waals surface area contributed by atoms with E-state index in [1.165, 1.54) is 6.26 Å². The summed E-state index contributed by atoms with van der Waals surface area (Å²) in [6.45, 7) is 2.93. The lowest BCUT2D eigenvalue weighted by Crippen LogP contribution is -2.44. The number of carbonyl (C=O) groups is 1. The van der Waals surface area contributed by atoms with Gasteiger partial charge in [0.05, 0.1) is 17.8 Å². The van der Waals surface area contributed by atoms with Crippen LogP contribution in [0.5, 0.6) is 0 Å². The van der Waals surface area contributed by atoms with E-state index in [0.717, 1.165) is 5.56 Å². The van der Waals surface area contributed by atoms with Gasteiger partial charge < -0.3 is 20.4 Å². The summed E-state index contributed by atoms with van der Waals surface area (Å²) >= 11 is 0. The summed E-state index contributed by atoms with van der Waals surface area (Å²) in [6.07, 6.45) is 2.79. The Morgan fingerprint density at radius 1 is 1.36 bits per heavy atom. The number of aliphatic imine (C=N–C) groups is 1. The fraction of sp³-hybridized carbons (Fsp3) is 0.600. The lowest BCUT2D eigenvalue weighted by atomic mass is 10.2. The van der Waals surface area contributed by atoms with Crippen molar-refractivity contribution < 1.29 is 17.6 Å². The summed E-state index contributed by atoms with van der Waals surface area (Å²) in [6, 6.07) is 1.65. The fourth-order valence-electron chi connectivity index (χ4n) is 2.48. The summed E-state index contributed by atoms with van der Waals surface area (Å²) in [4.78, 5) is 15.9. The first kappa shape index (κ1) is 21.7. The largest absolute Gasteiger partial charge is 0.459 e. The van der Waals surface area contributed by atoms with Crippen LogP contribution in [0.1, 0.15) is 29.0 Å². The van der Waals surface area contributed by atoms with Gasteiger partial charge >= 0.3 is 0 Å². The fourth-order valence-corrected chi connectivity index (χ4v) is 4.15. The number of guanidine groups is 1. The van der Waals surface area contributed by atoms with Gasteiger partial charge in [0.2, 0.25) is 0 Å². The molecule has 1 aromatic heterocycles. The van der Waals surface area contributed by atoms with E-state index in [9.17, 15) is 13.2 Å². The van der Waals surface area contributed by atoms with Gasteiger partial charge in [-0.25, -0.2) is 8.42 Å². The third-order valence-corrected chi connectivity index (χ3v) is 5.56. The lowest BCUT2D eigenvalue weighted by Gasteiger charge is -2.16. The average molecular weight is 484 g/mol. The molecule has 1 amide bonds. The van der Waals surface area contributed by atoms with Gasteiger partial charge in [-0.2, -0.15) is 0 Å². The van der Waals surface area contributed by atoms with Crippen molar-refractivity contribution in [3.63, 3.8) is 0 Å². The molecule has 1 aliphatic rings. The van der Waals surface area contributed by atoms with Crippen LogP contribution >= 0.6 is 24.0 Å². The van der Waals surface area contributed by atoms with Crippen molar-refractivity contribution in [3.05, 3.63) is 23.7 Å². The summed E-state index contributed by atoms with van der Waals surface area (Å²) < 4.78 is 28.0. The number of hydrogen-bond acceptors (Lipinski definition) is 5. The molecule has 0 bridgehead atoms. The van der Waals surface area contributed by atoms with Crippen LogP contribution in [-0.4, -0.2) is 58.0 Å². The molecule has 1 aromatic rings. The van der Waals surface area contributed by atoms with Crippen molar-refractivity contribution in [3.8, 4) is 0 Å². The monoisotopic (exact) mass is 484 g/mol. The Kier molecular flexibility index (Phi) is 8.69. The number of nitrogens with one attached hydrogen (secondary N) is 3. The Balaban J connectivity index is 0.00000312. The first-order valence-corrected chi connectivity index (χ1v) is 9.73. The quantitative estimate of drug-likeness (QED) is 0.237. The van der Waals surface area contributed by atoms with E-state index in [4.69, 9.17) is 4.42 Å². The topological polar surface area (TPSA) is 113 Å². The number of sulfone groups is 1. The second kappa shape index (κ2) is 10.00. The minimum Gasteiger partial charge on any atom is -0.459 e. The molecular weight excluding hydrogens is 459 g/mol. The van der Waals surface area contributed by atoms with Crippen LogP contribution in [0.15, 0.2) is 21.7 Å². The van der Waals surface area contributed by atoms with Crippen LogP contribution in [0.3, 0.4) is 0 Å². The molecule has 0 aromatic carbocycles. The van der Waals surface area contributed by atoms with E-state index in [1.54, 1.807) is 13.1 Å². The van der Waals surface area contributed by atoms with Gasteiger partial charge in [0, 0.05) is 31.7 Å². The summed E-state index contributed by atoms with van der Waals surface area (Å²) in [7, 11) is -1.28. The van der Waals surface area contributed by atoms with Gasteiger partial charge in [0.25, 0.3) is 5.91 Å². The maximum Gasteiger partial charge on any atom is 0.287 e. The molecule has 0 aliphatic carbocycles. The van der Waals surface area contributed by atoms with E-state index in [0.29, 0.717) is 37.7 Å². The zero-order valence-electron chi connectivity index (χ0n) is 14.4. The standard InChI is InChI=1S/C15H24N4O4S.HI/c1-11-4-8-23-13(11)14(20)17-6-3-7-18-15(16-2)19-12-5-9-24(21,22)10-12;/h4,8,12H,3,5-7,9-10H2,1-2H3,(H,17,20)(H2,16,18,19);1H. The molecular formula is C15H25IN4O4S. The number of furan rings is 1. The molecule has 3 N–H and O–H groups in total. The highest BCUT2D eigenvalue weighted by Crippen LogP contribution is 2.11. The molecule has 0 saturated carbocycles. The van der Waals surface area contributed by atoms with E-state index >= 15 is 0 Å².